The minimum atomic E-state index is -0.199. The van der Waals surface area contributed by atoms with Crippen molar-refractivity contribution in [2.24, 2.45) is 0 Å². The summed E-state index contributed by atoms with van der Waals surface area (Å²) in [5, 5.41) is 4.20. The van der Waals surface area contributed by atoms with Gasteiger partial charge < -0.3 is 9.64 Å². The number of carbonyl (C=O) groups is 1. The third kappa shape index (κ3) is 3.45. The molecule has 1 aliphatic heterocycles. The van der Waals surface area contributed by atoms with Crippen LogP contribution in [-0.2, 0) is 11.3 Å². The molecular formula is C17H19NO2S. The standard InChI is InChI=1S/C17H19NO2S/c19-17(20-12-14-6-2-1-3-7-14)18-10-5-4-8-16(18)15-9-11-21-13-15/h1-3,6-7,9,11,13,16H,4-5,8,10,12H2/t16-/m1/s1. The lowest BCUT2D eigenvalue weighted by Crippen LogP contribution is -2.38. The SMILES string of the molecule is O=C(OCc1ccccc1)N1CCCC[C@@H]1c1ccsc1. The molecule has 4 heteroatoms. The number of amides is 1. The number of hydrogen-bond donors (Lipinski definition) is 0. The van der Waals surface area contributed by atoms with Gasteiger partial charge in [-0.2, -0.15) is 11.3 Å². The molecule has 0 spiro atoms. The highest BCUT2D eigenvalue weighted by Gasteiger charge is 2.29. The highest BCUT2D eigenvalue weighted by Crippen LogP contribution is 2.32. The maximum absolute atomic E-state index is 12.4. The summed E-state index contributed by atoms with van der Waals surface area (Å²) in [6.45, 7) is 1.13. The Kier molecular flexibility index (Phi) is 4.55. The first-order valence-electron chi connectivity index (χ1n) is 7.34. The normalized spacial score (nSPS) is 18.5. The van der Waals surface area contributed by atoms with E-state index in [1.165, 1.54) is 12.0 Å². The van der Waals surface area contributed by atoms with Gasteiger partial charge in [-0.25, -0.2) is 4.79 Å². The third-order valence-corrected chi connectivity index (χ3v) is 4.57. The molecule has 2 heterocycles. The molecule has 0 aliphatic carbocycles. The van der Waals surface area contributed by atoms with E-state index in [1.807, 2.05) is 35.2 Å². The molecule has 1 aromatic carbocycles. The van der Waals surface area contributed by atoms with Crippen LogP contribution in [0.5, 0.6) is 0 Å². The van der Waals surface area contributed by atoms with Gasteiger partial charge in [-0.15, -0.1) is 0 Å². The van der Waals surface area contributed by atoms with E-state index in [4.69, 9.17) is 4.74 Å². The summed E-state index contributed by atoms with van der Waals surface area (Å²) in [5.41, 5.74) is 2.26. The summed E-state index contributed by atoms with van der Waals surface area (Å²) in [4.78, 5) is 14.3. The van der Waals surface area contributed by atoms with Crippen LogP contribution in [-0.4, -0.2) is 17.5 Å². The van der Waals surface area contributed by atoms with Crippen molar-refractivity contribution in [1.29, 1.82) is 0 Å². The minimum absolute atomic E-state index is 0.174. The van der Waals surface area contributed by atoms with Gasteiger partial charge in [0.1, 0.15) is 6.61 Å². The lowest BCUT2D eigenvalue weighted by atomic mass is 9.98. The molecule has 3 nitrogen and oxygen atoms in total. The number of benzene rings is 1. The van der Waals surface area contributed by atoms with E-state index in [1.54, 1.807) is 11.3 Å². The third-order valence-electron chi connectivity index (χ3n) is 3.87. The molecule has 1 atom stereocenters. The summed E-state index contributed by atoms with van der Waals surface area (Å²) < 4.78 is 5.49. The Bertz CT molecular complexity index is 568. The van der Waals surface area contributed by atoms with Crippen molar-refractivity contribution in [3.05, 3.63) is 58.3 Å². The van der Waals surface area contributed by atoms with Crippen LogP contribution in [0.1, 0.15) is 36.4 Å². The maximum Gasteiger partial charge on any atom is 0.410 e. The fraction of sp³-hybridized carbons (Fsp3) is 0.353. The average molecular weight is 301 g/mol. The zero-order valence-corrected chi connectivity index (χ0v) is 12.7. The zero-order valence-electron chi connectivity index (χ0n) is 11.9. The number of nitrogens with zero attached hydrogens (tertiary/aromatic N) is 1. The summed E-state index contributed by atoms with van der Waals surface area (Å²) in [6.07, 6.45) is 3.05. The van der Waals surface area contributed by atoms with Crippen LogP contribution in [0.15, 0.2) is 47.2 Å². The number of piperidine rings is 1. The highest BCUT2D eigenvalue weighted by atomic mass is 32.1. The lowest BCUT2D eigenvalue weighted by Gasteiger charge is -2.34. The van der Waals surface area contributed by atoms with Crippen LogP contribution in [0.4, 0.5) is 4.79 Å². The fourth-order valence-corrected chi connectivity index (χ4v) is 3.47. The predicted molar refractivity (Wildman–Crippen MR) is 84.2 cm³/mol. The van der Waals surface area contributed by atoms with E-state index in [0.29, 0.717) is 6.61 Å². The Morgan fingerprint density at radius 3 is 2.86 bits per heavy atom. The Morgan fingerprint density at radius 2 is 2.10 bits per heavy atom. The maximum atomic E-state index is 12.4. The highest BCUT2D eigenvalue weighted by molar-refractivity contribution is 7.07. The number of thiophene rings is 1. The molecule has 110 valence electrons. The molecule has 0 saturated carbocycles. The number of ether oxygens (including phenoxy) is 1. The molecular weight excluding hydrogens is 282 g/mol. The average Bonchev–Trinajstić information content (AvgIpc) is 3.08. The van der Waals surface area contributed by atoms with Crippen LogP contribution in [0, 0.1) is 0 Å². The molecule has 0 N–H and O–H groups in total. The second-order valence-corrected chi connectivity index (χ2v) is 6.08. The van der Waals surface area contributed by atoms with Crippen LogP contribution in [0.25, 0.3) is 0 Å². The van der Waals surface area contributed by atoms with Gasteiger partial charge in [-0.05, 0) is 47.2 Å². The fourth-order valence-electron chi connectivity index (χ4n) is 2.76. The van der Waals surface area contributed by atoms with E-state index in [2.05, 4.69) is 16.8 Å². The van der Waals surface area contributed by atoms with Gasteiger partial charge >= 0.3 is 6.09 Å². The monoisotopic (exact) mass is 301 g/mol. The molecule has 1 fully saturated rings. The molecule has 3 rings (SSSR count). The molecule has 0 bridgehead atoms. The quantitative estimate of drug-likeness (QED) is 0.828. The number of carbonyl (C=O) groups excluding carboxylic acids is 1. The molecule has 21 heavy (non-hydrogen) atoms. The van der Waals surface area contributed by atoms with Crippen molar-refractivity contribution in [3.8, 4) is 0 Å². The van der Waals surface area contributed by atoms with E-state index < -0.39 is 0 Å². The molecule has 1 saturated heterocycles. The van der Waals surface area contributed by atoms with Gasteiger partial charge in [0, 0.05) is 6.54 Å². The summed E-state index contributed by atoms with van der Waals surface area (Å²) in [6, 6.07) is 12.1. The van der Waals surface area contributed by atoms with E-state index in [0.717, 1.165) is 24.9 Å². The zero-order chi connectivity index (χ0) is 14.5. The van der Waals surface area contributed by atoms with Crippen molar-refractivity contribution in [1.82, 2.24) is 4.90 Å². The predicted octanol–water partition coefficient (Wildman–Crippen LogP) is 4.61. The van der Waals surface area contributed by atoms with Gasteiger partial charge in [0.25, 0.3) is 0 Å². The molecule has 1 amide bonds. The minimum Gasteiger partial charge on any atom is -0.445 e. The molecule has 1 aromatic heterocycles. The lowest BCUT2D eigenvalue weighted by molar-refractivity contribution is 0.0680. The number of likely N-dealkylation sites (tertiary alicyclic amines) is 1. The van der Waals surface area contributed by atoms with Gasteiger partial charge in [0.2, 0.25) is 0 Å². The smallest absolute Gasteiger partial charge is 0.410 e. The topological polar surface area (TPSA) is 29.5 Å². The van der Waals surface area contributed by atoms with Crippen LogP contribution < -0.4 is 0 Å². The largest absolute Gasteiger partial charge is 0.445 e. The first-order valence-corrected chi connectivity index (χ1v) is 8.28. The van der Waals surface area contributed by atoms with E-state index >= 15 is 0 Å². The first kappa shape index (κ1) is 14.1. The number of hydrogen-bond acceptors (Lipinski definition) is 3. The van der Waals surface area contributed by atoms with Crippen molar-refractivity contribution in [2.45, 2.75) is 31.9 Å². The van der Waals surface area contributed by atoms with Crippen molar-refractivity contribution < 1.29 is 9.53 Å². The summed E-state index contributed by atoms with van der Waals surface area (Å²) >= 11 is 1.68. The van der Waals surface area contributed by atoms with Crippen LogP contribution in [0.2, 0.25) is 0 Å². The van der Waals surface area contributed by atoms with Gasteiger partial charge in [-0.1, -0.05) is 30.3 Å². The molecule has 2 aromatic rings. The second-order valence-electron chi connectivity index (χ2n) is 5.30. The Labute approximate surface area is 129 Å². The molecule has 0 unspecified atom stereocenters. The molecule has 0 radical (unpaired) electrons. The van der Waals surface area contributed by atoms with E-state index in [9.17, 15) is 4.79 Å². The van der Waals surface area contributed by atoms with E-state index in [-0.39, 0.29) is 12.1 Å². The second kappa shape index (κ2) is 6.76. The van der Waals surface area contributed by atoms with Crippen LogP contribution >= 0.6 is 11.3 Å². The number of rotatable bonds is 3. The van der Waals surface area contributed by atoms with Gasteiger partial charge in [0.05, 0.1) is 6.04 Å². The van der Waals surface area contributed by atoms with Crippen molar-refractivity contribution >= 4 is 17.4 Å². The van der Waals surface area contributed by atoms with Crippen molar-refractivity contribution in [3.63, 3.8) is 0 Å². The Hall–Kier alpha value is -1.81. The first-order chi connectivity index (χ1) is 10.3. The Morgan fingerprint density at radius 1 is 1.24 bits per heavy atom. The van der Waals surface area contributed by atoms with Crippen LogP contribution in [0.3, 0.4) is 0 Å². The summed E-state index contributed by atoms with van der Waals surface area (Å²) in [5.74, 6) is 0. The van der Waals surface area contributed by atoms with Gasteiger partial charge in [-0.3, -0.25) is 0 Å². The Balaban J connectivity index is 1.64. The summed E-state index contributed by atoms with van der Waals surface area (Å²) in [7, 11) is 0. The van der Waals surface area contributed by atoms with Crippen molar-refractivity contribution in [2.75, 3.05) is 6.54 Å². The molecule has 1 aliphatic rings. The van der Waals surface area contributed by atoms with Gasteiger partial charge in [0.15, 0.2) is 0 Å².